The lowest BCUT2D eigenvalue weighted by Gasteiger charge is -2.30. The van der Waals surface area contributed by atoms with Gasteiger partial charge in [0.05, 0.1) is 29.8 Å². The van der Waals surface area contributed by atoms with Crippen molar-refractivity contribution in [2.24, 2.45) is 0 Å². The second kappa shape index (κ2) is 7.80. The van der Waals surface area contributed by atoms with Crippen LogP contribution >= 0.6 is 0 Å². The summed E-state index contributed by atoms with van der Waals surface area (Å²) in [6.45, 7) is 3.15. The number of rotatable bonds is 5. The summed E-state index contributed by atoms with van der Waals surface area (Å²) in [5.74, 6) is 1.13. The summed E-state index contributed by atoms with van der Waals surface area (Å²) in [7, 11) is -1.28. The molecule has 1 unspecified atom stereocenters. The van der Waals surface area contributed by atoms with Gasteiger partial charge in [0.15, 0.2) is 0 Å². The molecule has 0 amide bonds. The smallest absolute Gasteiger partial charge is 0.205 e. The van der Waals surface area contributed by atoms with Gasteiger partial charge in [-0.3, -0.25) is 8.78 Å². The summed E-state index contributed by atoms with van der Waals surface area (Å²) in [4.78, 5) is 10.9. The van der Waals surface area contributed by atoms with Crippen LogP contribution in [-0.2, 0) is 21.3 Å². The van der Waals surface area contributed by atoms with Crippen LogP contribution in [0.5, 0.6) is 0 Å². The molecule has 1 fully saturated rings. The molecule has 0 saturated carbocycles. The molecule has 3 heterocycles. The number of ether oxygens (including phenoxy) is 1. The molecule has 134 valence electrons. The molecule has 6 nitrogen and oxygen atoms in total. The standard InChI is InChI=1S/C19H20N4O2S/c24-26(19-21-9-10-23(19)18-7-3-4-8-20-18)15-16-5-1-2-6-17(16)22-11-13-25-14-12-22/h1-10H,11-15H2. The van der Waals surface area contributed by atoms with Crippen LogP contribution in [0.2, 0.25) is 0 Å². The van der Waals surface area contributed by atoms with Crippen LogP contribution in [0.4, 0.5) is 5.69 Å². The van der Waals surface area contributed by atoms with Gasteiger partial charge in [-0.05, 0) is 23.8 Å². The van der Waals surface area contributed by atoms with E-state index in [1.54, 1.807) is 23.2 Å². The number of benzene rings is 1. The maximum Gasteiger partial charge on any atom is 0.205 e. The Morgan fingerprint density at radius 2 is 1.81 bits per heavy atom. The minimum absolute atomic E-state index is 0.414. The Morgan fingerprint density at radius 3 is 2.62 bits per heavy atom. The minimum Gasteiger partial charge on any atom is -0.378 e. The first-order valence-corrected chi connectivity index (χ1v) is 9.88. The summed E-state index contributed by atoms with van der Waals surface area (Å²) in [5, 5.41) is 0.514. The molecule has 3 aromatic rings. The second-order valence-electron chi connectivity index (χ2n) is 5.99. The highest BCUT2D eigenvalue weighted by molar-refractivity contribution is 7.84. The summed E-state index contributed by atoms with van der Waals surface area (Å²) in [5.41, 5.74) is 2.18. The highest BCUT2D eigenvalue weighted by Crippen LogP contribution is 2.24. The highest BCUT2D eigenvalue weighted by atomic mass is 32.2. The number of imidazole rings is 1. The van der Waals surface area contributed by atoms with Gasteiger partial charge in [-0.25, -0.2) is 9.97 Å². The third kappa shape index (κ3) is 3.54. The fourth-order valence-corrected chi connectivity index (χ4v) is 4.29. The summed E-state index contributed by atoms with van der Waals surface area (Å²) in [6.07, 6.45) is 5.18. The molecule has 0 spiro atoms. The van der Waals surface area contributed by atoms with Crippen molar-refractivity contribution in [1.29, 1.82) is 0 Å². The van der Waals surface area contributed by atoms with E-state index in [1.807, 2.05) is 36.4 Å². The summed E-state index contributed by atoms with van der Waals surface area (Å²) >= 11 is 0. The number of hydrogen-bond donors (Lipinski definition) is 0. The van der Waals surface area contributed by atoms with Crippen molar-refractivity contribution in [3.8, 4) is 5.82 Å². The predicted molar refractivity (Wildman–Crippen MR) is 101 cm³/mol. The van der Waals surface area contributed by atoms with E-state index in [2.05, 4.69) is 20.9 Å². The first-order chi connectivity index (χ1) is 12.8. The molecule has 0 radical (unpaired) electrons. The third-order valence-electron chi connectivity index (χ3n) is 4.34. The van der Waals surface area contributed by atoms with Crippen molar-refractivity contribution in [2.45, 2.75) is 10.9 Å². The molecular weight excluding hydrogens is 348 g/mol. The normalized spacial score (nSPS) is 15.8. The minimum atomic E-state index is -1.28. The lowest BCUT2D eigenvalue weighted by atomic mass is 10.1. The van der Waals surface area contributed by atoms with Crippen molar-refractivity contribution in [3.63, 3.8) is 0 Å². The highest BCUT2D eigenvalue weighted by Gasteiger charge is 2.18. The molecule has 1 aliphatic rings. The largest absolute Gasteiger partial charge is 0.378 e. The predicted octanol–water partition coefficient (Wildman–Crippen LogP) is 2.41. The molecule has 0 N–H and O–H groups in total. The zero-order chi connectivity index (χ0) is 17.8. The summed E-state index contributed by atoms with van der Waals surface area (Å²) < 4.78 is 20.3. The zero-order valence-corrected chi connectivity index (χ0v) is 15.1. The van der Waals surface area contributed by atoms with Crippen molar-refractivity contribution in [2.75, 3.05) is 31.2 Å². The molecule has 0 bridgehead atoms. The molecule has 7 heteroatoms. The van der Waals surface area contributed by atoms with Gasteiger partial charge >= 0.3 is 0 Å². The number of pyridine rings is 1. The van der Waals surface area contributed by atoms with E-state index in [4.69, 9.17) is 4.74 Å². The van der Waals surface area contributed by atoms with E-state index < -0.39 is 10.8 Å². The van der Waals surface area contributed by atoms with Crippen LogP contribution in [0.3, 0.4) is 0 Å². The Labute approximate surface area is 154 Å². The van der Waals surface area contributed by atoms with Crippen LogP contribution in [0.1, 0.15) is 5.56 Å². The molecule has 26 heavy (non-hydrogen) atoms. The fourth-order valence-electron chi connectivity index (χ4n) is 3.08. The van der Waals surface area contributed by atoms with Gasteiger partial charge in [-0.1, -0.05) is 24.3 Å². The summed E-state index contributed by atoms with van der Waals surface area (Å²) in [6, 6.07) is 13.8. The Kier molecular flexibility index (Phi) is 5.08. The van der Waals surface area contributed by atoms with E-state index in [0.29, 0.717) is 10.9 Å². The van der Waals surface area contributed by atoms with Crippen LogP contribution in [0.15, 0.2) is 66.2 Å². The molecular formula is C19H20N4O2S. The van der Waals surface area contributed by atoms with E-state index in [1.165, 1.54) is 0 Å². The van der Waals surface area contributed by atoms with Crippen LogP contribution in [0.25, 0.3) is 5.82 Å². The lowest BCUT2D eigenvalue weighted by molar-refractivity contribution is 0.122. The lowest BCUT2D eigenvalue weighted by Crippen LogP contribution is -2.36. The first kappa shape index (κ1) is 16.9. The molecule has 2 aromatic heterocycles. The molecule has 1 atom stereocenters. The number of aromatic nitrogens is 3. The quantitative estimate of drug-likeness (QED) is 0.692. The number of hydrogen-bond acceptors (Lipinski definition) is 5. The van der Waals surface area contributed by atoms with Gasteiger partial charge in [0.2, 0.25) is 5.16 Å². The van der Waals surface area contributed by atoms with E-state index in [0.717, 1.165) is 43.4 Å². The first-order valence-electron chi connectivity index (χ1n) is 8.56. The van der Waals surface area contributed by atoms with Gasteiger partial charge in [-0.2, -0.15) is 0 Å². The maximum atomic E-state index is 13.1. The maximum absolute atomic E-state index is 13.1. The molecule has 1 aliphatic heterocycles. The number of nitrogens with zero attached hydrogens (tertiary/aromatic N) is 4. The van der Waals surface area contributed by atoms with Gasteiger partial charge in [-0.15, -0.1) is 0 Å². The van der Waals surface area contributed by atoms with Gasteiger partial charge in [0.1, 0.15) is 5.82 Å². The van der Waals surface area contributed by atoms with Gasteiger partial charge < -0.3 is 9.64 Å². The van der Waals surface area contributed by atoms with E-state index in [-0.39, 0.29) is 0 Å². The van der Waals surface area contributed by atoms with Crippen molar-refractivity contribution in [3.05, 3.63) is 66.6 Å². The van der Waals surface area contributed by atoms with Gasteiger partial charge in [0, 0.05) is 37.4 Å². The third-order valence-corrected chi connectivity index (χ3v) is 5.62. The van der Waals surface area contributed by atoms with Crippen LogP contribution < -0.4 is 4.90 Å². The van der Waals surface area contributed by atoms with Crippen LogP contribution in [-0.4, -0.2) is 45.0 Å². The average molecular weight is 368 g/mol. The van der Waals surface area contributed by atoms with Crippen LogP contribution in [0, 0.1) is 0 Å². The molecule has 0 aliphatic carbocycles. The Balaban J connectivity index is 1.59. The second-order valence-corrected chi connectivity index (χ2v) is 7.33. The monoisotopic (exact) mass is 368 g/mol. The zero-order valence-electron chi connectivity index (χ0n) is 14.3. The SMILES string of the molecule is O=S(Cc1ccccc1N1CCOCC1)c1nccn1-c1ccccn1. The Morgan fingerprint density at radius 1 is 1.00 bits per heavy atom. The van der Waals surface area contributed by atoms with E-state index in [9.17, 15) is 4.21 Å². The van der Waals surface area contributed by atoms with Crippen molar-refractivity contribution >= 4 is 16.5 Å². The number of para-hydroxylation sites is 1. The number of morpholine rings is 1. The average Bonchev–Trinajstić information content (AvgIpc) is 3.20. The van der Waals surface area contributed by atoms with E-state index >= 15 is 0 Å². The molecule has 4 rings (SSSR count). The van der Waals surface area contributed by atoms with Gasteiger partial charge in [0.25, 0.3) is 0 Å². The fraction of sp³-hybridized carbons (Fsp3) is 0.263. The topological polar surface area (TPSA) is 60.3 Å². The number of anilines is 1. The van der Waals surface area contributed by atoms with Crippen molar-refractivity contribution in [1.82, 2.24) is 14.5 Å². The Bertz CT molecular complexity index is 891. The molecule has 1 aromatic carbocycles. The molecule has 1 saturated heterocycles. The Hall–Kier alpha value is -2.51. The van der Waals surface area contributed by atoms with Crippen molar-refractivity contribution < 1.29 is 8.95 Å².